The minimum atomic E-state index is -0.297. The van der Waals surface area contributed by atoms with E-state index in [-0.39, 0.29) is 23.3 Å². The van der Waals surface area contributed by atoms with Gasteiger partial charge in [-0.3, -0.25) is 9.89 Å². The first-order chi connectivity index (χ1) is 11.8. The molecule has 0 radical (unpaired) electrons. The summed E-state index contributed by atoms with van der Waals surface area (Å²) >= 11 is 0. The predicted octanol–water partition coefficient (Wildman–Crippen LogP) is 2.16. The van der Waals surface area contributed by atoms with Crippen LogP contribution in [0.25, 0.3) is 0 Å². The predicted molar refractivity (Wildman–Crippen MR) is 92.4 cm³/mol. The van der Waals surface area contributed by atoms with Crippen molar-refractivity contribution in [1.82, 2.24) is 30.0 Å². The van der Waals surface area contributed by atoms with Gasteiger partial charge >= 0.3 is 0 Å². The second-order valence-electron chi connectivity index (χ2n) is 7.74. The van der Waals surface area contributed by atoms with Crippen molar-refractivity contribution in [3.05, 3.63) is 29.4 Å². The van der Waals surface area contributed by atoms with Gasteiger partial charge in [-0.2, -0.15) is 5.10 Å². The Kier molecular flexibility index (Phi) is 4.64. The molecule has 25 heavy (non-hydrogen) atoms. The van der Waals surface area contributed by atoms with Gasteiger partial charge in [0.15, 0.2) is 11.6 Å². The highest BCUT2D eigenvalue weighted by atomic mass is 16.5. The quantitative estimate of drug-likeness (QED) is 0.887. The molecule has 2 aromatic heterocycles. The smallest absolute Gasteiger partial charge is 0.272 e. The molecule has 136 valence electrons. The van der Waals surface area contributed by atoms with Crippen molar-refractivity contribution in [3.8, 4) is 0 Å². The topological polar surface area (TPSA) is 99.8 Å². The second kappa shape index (κ2) is 6.59. The molecular weight excluding hydrogens is 320 g/mol. The van der Waals surface area contributed by atoms with E-state index in [1.807, 2.05) is 13.8 Å². The van der Waals surface area contributed by atoms with Crippen molar-refractivity contribution in [2.75, 3.05) is 19.7 Å². The molecule has 2 N–H and O–H groups in total. The van der Waals surface area contributed by atoms with Gasteiger partial charge in [0.1, 0.15) is 17.6 Å². The maximum absolute atomic E-state index is 12.7. The molecule has 0 aliphatic carbocycles. The number of H-pyrrole nitrogens is 2. The van der Waals surface area contributed by atoms with E-state index in [9.17, 15) is 4.79 Å². The largest absolute Gasteiger partial charge is 0.367 e. The van der Waals surface area contributed by atoms with Gasteiger partial charge in [0.05, 0.1) is 19.3 Å². The summed E-state index contributed by atoms with van der Waals surface area (Å²) in [5, 5.41) is 7.23. The van der Waals surface area contributed by atoms with Crippen LogP contribution in [0.2, 0.25) is 0 Å². The lowest BCUT2D eigenvalue weighted by Crippen LogP contribution is -2.42. The lowest BCUT2D eigenvalue weighted by molar-refractivity contribution is -0.0268. The lowest BCUT2D eigenvalue weighted by atomic mass is 9.96. The molecule has 2 aromatic rings. The van der Waals surface area contributed by atoms with Crippen LogP contribution in [0.3, 0.4) is 0 Å². The van der Waals surface area contributed by atoms with Gasteiger partial charge in [-0.25, -0.2) is 9.97 Å². The number of nitrogens with one attached hydrogen (secondary N) is 2. The molecule has 1 aliphatic rings. The van der Waals surface area contributed by atoms with Crippen LogP contribution in [0.5, 0.6) is 0 Å². The molecule has 1 fully saturated rings. The standard InChI is InChI=1S/C17H26N6O2/c1-10(2)13-18-8-11(19-13)15(24)23-6-7-25-12(9-23)14-20-16(22-21-14)17(3,4)5/h8,10,12H,6-7,9H2,1-5H3,(H,18,19)(H,20,21,22). The number of hydrogen-bond acceptors (Lipinski definition) is 5. The molecule has 0 spiro atoms. The summed E-state index contributed by atoms with van der Waals surface area (Å²) in [5.74, 6) is 2.41. The molecule has 3 heterocycles. The fraction of sp³-hybridized carbons (Fsp3) is 0.647. The third-order valence-corrected chi connectivity index (χ3v) is 4.20. The third-order valence-electron chi connectivity index (χ3n) is 4.20. The molecule has 0 aromatic carbocycles. The summed E-state index contributed by atoms with van der Waals surface area (Å²) in [6, 6.07) is 0. The third kappa shape index (κ3) is 3.73. The minimum absolute atomic E-state index is 0.0664. The summed E-state index contributed by atoms with van der Waals surface area (Å²) in [5.41, 5.74) is 0.375. The van der Waals surface area contributed by atoms with E-state index in [0.717, 1.165) is 11.6 Å². The molecule has 0 bridgehead atoms. The first kappa shape index (κ1) is 17.6. The molecule has 3 rings (SSSR count). The Labute approximate surface area is 147 Å². The Balaban J connectivity index is 1.72. The van der Waals surface area contributed by atoms with Gasteiger partial charge < -0.3 is 14.6 Å². The Morgan fingerprint density at radius 3 is 2.76 bits per heavy atom. The maximum atomic E-state index is 12.7. The molecule has 0 saturated carbocycles. The molecule has 8 heteroatoms. The number of carbonyl (C=O) groups is 1. The van der Waals surface area contributed by atoms with Gasteiger partial charge in [0, 0.05) is 17.9 Å². The molecule has 1 aliphatic heterocycles. The van der Waals surface area contributed by atoms with E-state index in [1.165, 1.54) is 0 Å². The number of hydrogen-bond donors (Lipinski definition) is 2. The molecule has 1 amide bonds. The molecular formula is C17H26N6O2. The lowest BCUT2D eigenvalue weighted by Gasteiger charge is -2.31. The molecule has 8 nitrogen and oxygen atoms in total. The van der Waals surface area contributed by atoms with Crippen molar-refractivity contribution in [1.29, 1.82) is 0 Å². The van der Waals surface area contributed by atoms with E-state index < -0.39 is 0 Å². The molecule has 1 saturated heterocycles. The number of ether oxygens (including phenoxy) is 1. The second-order valence-corrected chi connectivity index (χ2v) is 7.74. The highest BCUT2D eigenvalue weighted by Crippen LogP contribution is 2.24. The van der Waals surface area contributed by atoms with Crippen molar-refractivity contribution in [2.45, 2.75) is 52.1 Å². The van der Waals surface area contributed by atoms with Gasteiger partial charge in [-0.05, 0) is 0 Å². The summed E-state index contributed by atoms with van der Waals surface area (Å²) in [6.07, 6.45) is 1.31. The van der Waals surface area contributed by atoms with Crippen LogP contribution in [-0.4, -0.2) is 55.7 Å². The van der Waals surface area contributed by atoms with Gasteiger partial charge in [-0.1, -0.05) is 34.6 Å². The first-order valence-corrected chi connectivity index (χ1v) is 8.64. The zero-order valence-electron chi connectivity index (χ0n) is 15.5. The highest BCUT2D eigenvalue weighted by Gasteiger charge is 2.30. The normalized spacial score (nSPS) is 18.8. The Bertz CT molecular complexity index is 742. The Hall–Kier alpha value is -2.22. The van der Waals surface area contributed by atoms with Crippen LogP contribution in [0.1, 0.15) is 74.6 Å². The van der Waals surface area contributed by atoms with Gasteiger partial charge in [0.25, 0.3) is 5.91 Å². The van der Waals surface area contributed by atoms with Crippen molar-refractivity contribution in [2.24, 2.45) is 0 Å². The number of rotatable bonds is 3. The van der Waals surface area contributed by atoms with Gasteiger partial charge in [-0.15, -0.1) is 0 Å². The summed E-state index contributed by atoms with van der Waals surface area (Å²) in [7, 11) is 0. The summed E-state index contributed by atoms with van der Waals surface area (Å²) < 4.78 is 5.80. The monoisotopic (exact) mass is 346 g/mol. The van der Waals surface area contributed by atoms with Crippen molar-refractivity contribution in [3.63, 3.8) is 0 Å². The summed E-state index contributed by atoms with van der Waals surface area (Å²) in [6.45, 7) is 11.7. The first-order valence-electron chi connectivity index (χ1n) is 8.64. The number of imidazole rings is 1. The average Bonchev–Trinajstić information content (AvgIpc) is 3.23. The summed E-state index contributed by atoms with van der Waals surface area (Å²) in [4.78, 5) is 26.4. The molecule has 1 unspecified atom stereocenters. The minimum Gasteiger partial charge on any atom is -0.367 e. The number of nitrogens with zero attached hydrogens (tertiary/aromatic N) is 4. The highest BCUT2D eigenvalue weighted by molar-refractivity contribution is 5.92. The van der Waals surface area contributed by atoms with E-state index in [0.29, 0.717) is 31.2 Å². The average molecular weight is 346 g/mol. The number of carbonyl (C=O) groups excluding carboxylic acids is 1. The van der Waals surface area contributed by atoms with Crippen LogP contribution in [0.4, 0.5) is 0 Å². The van der Waals surface area contributed by atoms with Crippen LogP contribution < -0.4 is 0 Å². The van der Waals surface area contributed by atoms with E-state index in [2.05, 4.69) is 45.9 Å². The number of amides is 1. The van der Waals surface area contributed by atoms with Crippen LogP contribution in [0.15, 0.2) is 6.20 Å². The Morgan fingerprint density at radius 1 is 1.40 bits per heavy atom. The van der Waals surface area contributed by atoms with Crippen molar-refractivity contribution < 1.29 is 9.53 Å². The Morgan fingerprint density at radius 2 is 2.16 bits per heavy atom. The fourth-order valence-electron chi connectivity index (χ4n) is 2.66. The van der Waals surface area contributed by atoms with E-state index >= 15 is 0 Å². The van der Waals surface area contributed by atoms with Gasteiger partial charge in [0.2, 0.25) is 0 Å². The van der Waals surface area contributed by atoms with Crippen LogP contribution in [-0.2, 0) is 10.2 Å². The number of morpholine rings is 1. The zero-order valence-corrected chi connectivity index (χ0v) is 15.5. The molecule has 1 atom stereocenters. The SMILES string of the molecule is CC(C)c1ncc(C(=O)N2CCOC(c3nc(C(C)(C)C)n[nH]3)C2)[nH]1. The maximum Gasteiger partial charge on any atom is 0.272 e. The number of aromatic nitrogens is 5. The fourth-order valence-corrected chi connectivity index (χ4v) is 2.66. The number of aromatic amines is 2. The van der Waals surface area contributed by atoms with Crippen molar-refractivity contribution >= 4 is 5.91 Å². The van der Waals surface area contributed by atoms with Crippen LogP contribution >= 0.6 is 0 Å². The van der Waals surface area contributed by atoms with E-state index in [1.54, 1.807) is 11.1 Å². The van der Waals surface area contributed by atoms with E-state index in [4.69, 9.17) is 4.74 Å². The van der Waals surface area contributed by atoms with Crippen LogP contribution in [0, 0.1) is 0 Å². The zero-order chi connectivity index (χ0) is 18.2.